The summed E-state index contributed by atoms with van der Waals surface area (Å²) in [6.45, 7) is 5.06. The number of nitrogens with one attached hydrogen (secondary N) is 1. The molecule has 1 aliphatic heterocycles. The number of hydrogen-bond donors (Lipinski definition) is 3. The van der Waals surface area contributed by atoms with Crippen molar-refractivity contribution in [2.75, 3.05) is 19.6 Å². The zero-order valence-corrected chi connectivity index (χ0v) is 9.82. The number of primary amides is 2. The van der Waals surface area contributed by atoms with Crippen LogP contribution in [0.5, 0.6) is 0 Å². The molecule has 1 atom stereocenters. The molecule has 0 aliphatic carbocycles. The first-order valence-electron chi connectivity index (χ1n) is 5.36. The molecule has 1 saturated heterocycles. The zero-order valence-electron chi connectivity index (χ0n) is 9.82. The maximum atomic E-state index is 10.9. The van der Waals surface area contributed by atoms with Crippen molar-refractivity contribution in [3.63, 3.8) is 0 Å². The molecule has 0 aromatic carbocycles. The van der Waals surface area contributed by atoms with Crippen LogP contribution < -0.4 is 16.8 Å². The van der Waals surface area contributed by atoms with E-state index < -0.39 is 11.8 Å². The highest BCUT2D eigenvalue weighted by molar-refractivity contribution is 5.79. The predicted molar refractivity (Wildman–Crippen MR) is 60.4 cm³/mol. The van der Waals surface area contributed by atoms with E-state index in [1.807, 2.05) is 0 Å². The number of nitrogens with zero attached hydrogens (tertiary/aromatic N) is 1. The van der Waals surface area contributed by atoms with Crippen LogP contribution in [0.15, 0.2) is 0 Å². The summed E-state index contributed by atoms with van der Waals surface area (Å²) in [6, 6.07) is 0.134. The number of amides is 2. The Morgan fingerprint density at radius 1 is 1.31 bits per heavy atom. The van der Waals surface area contributed by atoms with Crippen LogP contribution in [0.4, 0.5) is 0 Å². The van der Waals surface area contributed by atoms with E-state index in [0.717, 1.165) is 13.0 Å². The summed E-state index contributed by atoms with van der Waals surface area (Å²) in [7, 11) is 0. The molecule has 6 nitrogen and oxygen atoms in total. The first-order chi connectivity index (χ1) is 7.30. The van der Waals surface area contributed by atoms with Gasteiger partial charge < -0.3 is 16.8 Å². The van der Waals surface area contributed by atoms with Crippen LogP contribution in [-0.4, -0.2) is 47.9 Å². The summed E-state index contributed by atoms with van der Waals surface area (Å²) in [6.07, 6.45) is 0.869. The van der Waals surface area contributed by atoms with Gasteiger partial charge in [0.1, 0.15) is 0 Å². The normalized spacial score (nSPS) is 23.6. The van der Waals surface area contributed by atoms with Gasteiger partial charge in [0.2, 0.25) is 11.8 Å². The lowest BCUT2D eigenvalue weighted by Gasteiger charge is -2.26. The summed E-state index contributed by atoms with van der Waals surface area (Å²) in [5, 5.41) is 3.33. The SMILES string of the molecule is CC1(C)CC(N(CC(N)=O)CC(N)=O)CN1. The quantitative estimate of drug-likeness (QED) is 0.527. The van der Waals surface area contributed by atoms with E-state index >= 15 is 0 Å². The number of hydrogen-bond acceptors (Lipinski definition) is 4. The summed E-state index contributed by atoms with van der Waals surface area (Å²) in [5.74, 6) is -0.878. The average molecular weight is 228 g/mol. The van der Waals surface area contributed by atoms with Gasteiger partial charge in [0.05, 0.1) is 13.1 Å². The van der Waals surface area contributed by atoms with Crippen LogP contribution in [0, 0.1) is 0 Å². The van der Waals surface area contributed by atoms with E-state index in [9.17, 15) is 9.59 Å². The van der Waals surface area contributed by atoms with E-state index in [-0.39, 0.29) is 24.7 Å². The average Bonchev–Trinajstić information content (AvgIpc) is 2.43. The fraction of sp³-hybridized carbons (Fsp3) is 0.800. The lowest BCUT2D eigenvalue weighted by atomic mass is 10.0. The van der Waals surface area contributed by atoms with Crippen LogP contribution in [0.1, 0.15) is 20.3 Å². The summed E-state index contributed by atoms with van der Waals surface area (Å²) in [5.41, 5.74) is 10.3. The van der Waals surface area contributed by atoms with Crippen molar-refractivity contribution in [2.45, 2.75) is 31.8 Å². The van der Waals surface area contributed by atoms with Gasteiger partial charge in [0.25, 0.3) is 0 Å². The molecule has 5 N–H and O–H groups in total. The van der Waals surface area contributed by atoms with Crippen LogP contribution >= 0.6 is 0 Å². The molecule has 2 amide bonds. The van der Waals surface area contributed by atoms with Crippen LogP contribution in [-0.2, 0) is 9.59 Å². The second-order valence-corrected chi connectivity index (χ2v) is 4.96. The van der Waals surface area contributed by atoms with Gasteiger partial charge in [-0.2, -0.15) is 0 Å². The maximum absolute atomic E-state index is 10.9. The second kappa shape index (κ2) is 4.80. The largest absolute Gasteiger partial charge is 0.369 e. The lowest BCUT2D eigenvalue weighted by molar-refractivity contribution is -0.122. The van der Waals surface area contributed by atoms with Crippen molar-refractivity contribution >= 4 is 11.8 Å². The van der Waals surface area contributed by atoms with E-state index in [1.54, 1.807) is 4.90 Å². The highest BCUT2D eigenvalue weighted by atomic mass is 16.2. The summed E-state index contributed by atoms with van der Waals surface area (Å²) >= 11 is 0. The summed E-state index contributed by atoms with van der Waals surface area (Å²) in [4.78, 5) is 23.6. The molecular weight excluding hydrogens is 208 g/mol. The Morgan fingerprint density at radius 2 is 1.81 bits per heavy atom. The topological polar surface area (TPSA) is 101 Å². The Kier molecular flexibility index (Phi) is 3.88. The van der Waals surface area contributed by atoms with Gasteiger partial charge in [-0.25, -0.2) is 0 Å². The van der Waals surface area contributed by atoms with Crippen molar-refractivity contribution < 1.29 is 9.59 Å². The van der Waals surface area contributed by atoms with Gasteiger partial charge in [0.15, 0.2) is 0 Å². The number of carbonyl (C=O) groups excluding carboxylic acids is 2. The molecule has 1 aliphatic rings. The number of rotatable bonds is 5. The molecule has 0 bridgehead atoms. The smallest absolute Gasteiger partial charge is 0.231 e. The third-order valence-electron chi connectivity index (χ3n) is 2.80. The molecule has 0 aromatic heterocycles. The molecular formula is C10H20N4O2. The van der Waals surface area contributed by atoms with Gasteiger partial charge in [-0.3, -0.25) is 14.5 Å². The first-order valence-corrected chi connectivity index (χ1v) is 5.36. The van der Waals surface area contributed by atoms with E-state index in [0.29, 0.717) is 0 Å². The molecule has 1 fully saturated rings. The molecule has 0 spiro atoms. The first kappa shape index (κ1) is 12.9. The van der Waals surface area contributed by atoms with Crippen LogP contribution in [0.25, 0.3) is 0 Å². The van der Waals surface area contributed by atoms with Crippen molar-refractivity contribution in [2.24, 2.45) is 11.5 Å². The van der Waals surface area contributed by atoms with E-state index in [2.05, 4.69) is 19.2 Å². The molecule has 1 rings (SSSR count). The molecule has 6 heteroatoms. The molecule has 92 valence electrons. The zero-order chi connectivity index (χ0) is 12.3. The van der Waals surface area contributed by atoms with Crippen molar-refractivity contribution in [1.82, 2.24) is 10.2 Å². The van der Waals surface area contributed by atoms with Gasteiger partial charge in [-0.15, -0.1) is 0 Å². The minimum absolute atomic E-state index is 0.0260. The number of carbonyl (C=O) groups is 2. The molecule has 1 heterocycles. The van der Waals surface area contributed by atoms with Crippen molar-refractivity contribution in [1.29, 1.82) is 0 Å². The lowest BCUT2D eigenvalue weighted by Crippen LogP contribution is -2.46. The minimum atomic E-state index is -0.439. The summed E-state index contributed by atoms with van der Waals surface area (Å²) < 4.78 is 0. The van der Waals surface area contributed by atoms with Crippen molar-refractivity contribution in [3.05, 3.63) is 0 Å². The Hall–Kier alpha value is -1.14. The molecule has 0 radical (unpaired) electrons. The second-order valence-electron chi connectivity index (χ2n) is 4.96. The number of nitrogens with two attached hydrogens (primary N) is 2. The highest BCUT2D eigenvalue weighted by Gasteiger charge is 2.34. The van der Waals surface area contributed by atoms with Crippen LogP contribution in [0.2, 0.25) is 0 Å². The molecule has 1 unspecified atom stereocenters. The Morgan fingerprint density at radius 3 is 2.12 bits per heavy atom. The standard InChI is InChI=1S/C10H20N4O2/c1-10(2)3-7(4-13-10)14(5-8(11)15)6-9(12)16/h7,13H,3-6H2,1-2H3,(H2,11,15)(H2,12,16). The van der Waals surface area contributed by atoms with E-state index in [1.165, 1.54) is 0 Å². The molecule has 0 saturated carbocycles. The van der Waals surface area contributed by atoms with Gasteiger partial charge >= 0.3 is 0 Å². The van der Waals surface area contributed by atoms with Crippen molar-refractivity contribution in [3.8, 4) is 0 Å². The Bertz CT molecular complexity index is 275. The monoisotopic (exact) mass is 228 g/mol. The maximum Gasteiger partial charge on any atom is 0.231 e. The Labute approximate surface area is 95.3 Å². The molecule has 0 aromatic rings. The predicted octanol–water partition coefficient (Wildman–Crippen LogP) is -1.60. The Balaban J connectivity index is 2.62. The fourth-order valence-electron chi connectivity index (χ4n) is 2.10. The third kappa shape index (κ3) is 3.79. The fourth-order valence-corrected chi connectivity index (χ4v) is 2.10. The van der Waals surface area contributed by atoms with Gasteiger partial charge in [-0.1, -0.05) is 0 Å². The highest BCUT2D eigenvalue weighted by Crippen LogP contribution is 2.21. The van der Waals surface area contributed by atoms with Crippen LogP contribution in [0.3, 0.4) is 0 Å². The molecule has 16 heavy (non-hydrogen) atoms. The van der Waals surface area contributed by atoms with Gasteiger partial charge in [-0.05, 0) is 20.3 Å². The van der Waals surface area contributed by atoms with Gasteiger partial charge in [0, 0.05) is 18.1 Å². The third-order valence-corrected chi connectivity index (χ3v) is 2.80. The van der Waals surface area contributed by atoms with E-state index in [4.69, 9.17) is 11.5 Å². The minimum Gasteiger partial charge on any atom is -0.369 e.